The lowest BCUT2D eigenvalue weighted by molar-refractivity contribution is -0.135. The molecule has 114 valence electrons. The molecule has 1 aromatic heterocycles. The normalized spacial score (nSPS) is 17.6. The Bertz CT molecular complexity index is 574. The van der Waals surface area contributed by atoms with Crippen molar-refractivity contribution in [3.63, 3.8) is 0 Å². The lowest BCUT2D eigenvalue weighted by Crippen LogP contribution is -2.64. The van der Waals surface area contributed by atoms with Crippen LogP contribution in [-0.4, -0.2) is 45.5 Å². The number of nitrogens with one attached hydrogen (secondary N) is 1. The summed E-state index contributed by atoms with van der Waals surface area (Å²) in [5.41, 5.74) is 4.66. The zero-order valence-electron chi connectivity index (χ0n) is 12.2. The van der Waals surface area contributed by atoms with Crippen molar-refractivity contribution in [1.82, 2.24) is 20.3 Å². The molecule has 1 aliphatic rings. The summed E-state index contributed by atoms with van der Waals surface area (Å²) in [6, 6.07) is 0.0774. The van der Waals surface area contributed by atoms with Gasteiger partial charge < -0.3 is 15.4 Å². The SMILES string of the molecule is CCCOc1nc(N)nc(N2CC(=O)NC(=O)C2(C)C)n1. The summed E-state index contributed by atoms with van der Waals surface area (Å²) in [7, 11) is 0. The number of rotatable bonds is 4. The molecule has 9 heteroatoms. The molecule has 1 fully saturated rings. The van der Waals surface area contributed by atoms with E-state index in [-0.39, 0.29) is 24.5 Å². The molecule has 0 bridgehead atoms. The number of nitrogens with zero attached hydrogens (tertiary/aromatic N) is 4. The molecule has 1 aliphatic heterocycles. The number of hydrogen-bond donors (Lipinski definition) is 2. The summed E-state index contributed by atoms with van der Waals surface area (Å²) in [5.74, 6) is -0.731. The molecular formula is C12H18N6O3. The lowest BCUT2D eigenvalue weighted by atomic mass is 9.99. The number of carbonyl (C=O) groups excluding carboxylic acids is 2. The Morgan fingerprint density at radius 3 is 2.71 bits per heavy atom. The first-order valence-corrected chi connectivity index (χ1v) is 6.61. The third-order valence-corrected chi connectivity index (χ3v) is 3.08. The summed E-state index contributed by atoms with van der Waals surface area (Å²) < 4.78 is 5.33. The molecule has 0 radical (unpaired) electrons. The number of nitrogen functional groups attached to an aromatic ring is 1. The quantitative estimate of drug-likeness (QED) is 0.711. The van der Waals surface area contributed by atoms with Crippen LogP contribution in [-0.2, 0) is 9.59 Å². The molecule has 0 unspecified atom stereocenters. The zero-order valence-corrected chi connectivity index (χ0v) is 12.2. The van der Waals surface area contributed by atoms with Crippen LogP contribution in [0, 0.1) is 0 Å². The fraction of sp³-hybridized carbons (Fsp3) is 0.583. The van der Waals surface area contributed by atoms with Crippen molar-refractivity contribution in [3.05, 3.63) is 0 Å². The number of amides is 2. The second-order valence-electron chi connectivity index (χ2n) is 5.15. The average Bonchev–Trinajstić information content (AvgIpc) is 2.40. The monoisotopic (exact) mass is 294 g/mol. The van der Waals surface area contributed by atoms with Gasteiger partial charge in [0.2, 0.25) is 17.8 Å². The number of imide groups is 1. The predicted octanol–water partition coefficient (Wildman–Crippen LogP) is -0.516. The minimum absolute atomic E-state index is 0.0275. The van der Waals surface area contributed by atoms with Gasteiger partial charge in [-0.3, -0.25) is 14.9 Å². The highest BCUT2D eigenvalue weighted by Crippen LogP contribution is 2.24. The number of aromatic nitrogens is 3. The fourth-order valence-electron chi connectivity index (χ4n) is 1.84. The van der Waals surface area contributed by atoms with Crippen molar-refractivity contribution < 1.29 is 14.3 Å². The van der Waals surface area contributed by atoms with E-state index < -0.39 is 17.4 Å². The van der Waals surface area contributed by atoms with E-state index >= 15 is 0 Å². The van der Waals surface area contributed by atoms with Crippen LogP contribution < -0.4 is 20.7 Å². The molecule has 0 aliphatic carbocycles. The minimum Gasteiger partial charge on any atom is -0.463 e. The molecule has 21 heavy (non-hydrogen) atoms. The summed E-state index contributed by atoms with van der Waals surface area (Å²) in [6.07, 6.45) is 0.789. The Kier molecular flexibility index (Phi) is 3.92. The minimum atomic E-state index is -0.982. The van der Waals surface area contributed by atoms with Crippen LogP contribution in [0.5, 0.6) is 6.01 Å². The number of piperazine rings is 1. The van der Waals surface area contributed by atoms with Crippen LogP contribution in [0.3, 0.4) is 0 Å². The van der Waals surface area contributed by atoms with E-state index in [1.807, 2.05) is 6.92 Å². The van der Waals surface area contributed by atoms with Gasteiger partial charge in [0.05, 0.1) is 6.61 Å². The fourth-order valence-corrected chi connectivity index (χ4v) is 1.84. The third-order valence-electron chi connectivity index (χ3n) is 3.08. The Morgan fingerprint density at radius 2 is 2.05 bits per heavy atom. The van der Waals surface area contributed by atoms with E-state index in [0.717, 1.165) is 6.42 Å². The van der Waals surface area contributed by atoms with Crippen molar-refractivity contribution in [1.29, 1.82) is 0 Å². The van der Waals surface area contributed by atoms with Gasteiger partial charge in [0.1, 0.15) is 12.1 Å². The molecular weight excluding hydrogens is 276 g/mol. The van der Waals surface area contributed by atoms with E-state index in [2.05, 4.69) is 20.3 Å². The Balaban J connectivity index is 2.37. The van der Waals surface area contributed by atoms with Crippen molar-refractivity contribution in [2.45, 2.75) is 32.7 Å². The van der Waals surface area contributed by atoms with E-state index in [0.29, 0.717) is 6.61 Å². The van der Waals surface area contributed by atoms with Crippen LogP contribution in [0.1, 0.15) is 27.2 Å². The number of carbonyl (C=O) groups is 2. The van der Waals surface area contributed by atoms with Gasteiger partial charge in [-0.15, -0.1) is 0 Å². The summed E-state index contributed by atoms with van der Waals surface area (Å²) in [6.45, 7) is 5.67. The highest BCUT2D eigenvalue weighted by atomic mass is 16.5. The highest BCUT2D eigenvalue weighted by Gasteiger charge is 2.42. The number of hydrogen-bond acceptors (Lipinski definition) is 8. The van der Waals surface area contributed by atoms with Gasteiger partial charge >= 0.3 is 6.01 Å². The maximum absolute atomic E-state index is 11.9. The maximum Gasteiger partial charge on any atom is 0.323 e. The molecule has 0 aromatic carbocycles. The molecule has 2 amide bonds. The second-order valence-corrected chi connectivity index (χ2v) is 5.15. The zero-order chi connectivity index (χ0) is 15.6. The molecule has 2 heterocycles. The van der Waals surface area contributed by atoms with Crippen molar-refractivity contribution >= 4 is 23.7 Å². The smallest absolute Gasteiger partial charge is 0.323 e. The Morgan fingerprint density at radius 1 is 1.33 bits per heavy atom. The van der Waals surface area contributed by atoms with Gasteiger partial charge in [0.25, 0.3) is 5.91 Å². The third kappa shape index (κ3) is 3.01. The number of ether oxygens (including phenoxy) is 1. The van der Waals surface area contributed by atoms with Crippen LogP contribution in [0.15, 0.2) is 0 Å². The molecule has 1 saturated heterocycles. The molecule has 2 rings (SSSR count). The average molecular weight is 294 g/mol. The van der Waals surface area contributed by atoms with Gasteiger partial charge in [-0.05, 0) is 20.3 Å². The first-order chi connectivity index (χ1) is 9.84. The molecule has 9 nitrogen and oxygen atoms in total. The van der Waals surface area contributed by atoms with Crippen LogP contribution in [0.25, 0.3) is 0 Å². The maximum atomic E-state index is 11.9. The van der Waals surface area contributed by atoms with Gasteiger partial charge in [-0.2, -0.15) is 15.0 Å². The van der Waals surface area contributed by atoms with Crippen molar-refractivity contribution in [2.75, 3.05) is 23.8 Å². The molecule has 0 spiro atoms. The van der Waals surface area contributed by atoms with Gasteiger partial charge in [-0.1, -0.05) is 6.92 Å². The molecule has 1 aromatic rings. The molecule has 0 atom stereocenters. The van der Waals surface area contributed by atoms with Crippen LogP contribution in [0.2, 0.25) is 0 Å². The van der Waals surface area contributed by atoms with E-state index in [1.54, 1.807) is 13.8 Å². The van der Waals surface area contributed by atoms with Crippen LogP contribution in [0.4, 0.5) is 11.9 Å². The summed E-state index contributed by atoms with van der Waals surface area (Å²) in [4.78, 5) is 37.0. The Hall–Kier alpha value is -2.45. The second kappa shape index (κ2) is 5.51. The van der Waals surface area contributed by atoms with Crippen molar-refractivity contribution in [2.24, 2.45) is 0 Å². The molecule has 3 N–H and O–H groups in total. The van der Waals surface area contributed by atoms with Crippen molar-refractivity contribution in [3.8, 4) is 6.01 Å². The number of nitrogens with two attached hydrogens (primary N) is 1. The Labute approximate surface area is 121 Å². The largest absolute Gasteiger partial charge is 0.463 e. The van der Waals surface area contributed by atoms with Crippen LogP contribution >= 0.6 is 0 Å². The standard InChI is InChI=1S/C12H18N6O3/c1-4-5-21-11-16-9(13)15-10(17-11)18-6-7(19)14-8(20)12(18,2)3/h4-6H2,1-3H3,(H,14,19,20)(H2,13,15,16,17). The van der Waals surface area contributed by atoms with E-state index in [9.17, 15) is 9.59 Å². The highest BCUT2D eigenvalue weighted by molar-refractivity contribution is 6.06. The first-order valence-electron chi connectivity index (χ1n) is 6.61. The molecule has 0 saturated carbocycles. The summed E-state index contributed by atoms with van der Waals surface area (Å²) >= 11 is 0. The topological polar surface area (TPSA) is 123 Å². The first kappa shape index (κ1) is 14.9. The van der Waals surface area contributed by atoms with Gasteiger partial charge in [0.15, 0.2) is 0 Å². The van der Waals surface area contributed by atoms with E-state index in [4.69, 9.17) is 10.5 Å². The van der Waals surface area contributed by atoms with E-state index in [1.165, 1.54) is 4.90 Å². The summed E-state index contributed by atoms with van der Waals surface area (Å²) in [5, 5.41) is 2.28. The number of anilines is 2. The van der Waals surface area contributed by atoms with Gasteiger partial charge in [-0.25, -0.2) is 0 Å². The predicted molar refractivity (Wildman–Crippen MR) is 74.6 cm³/mol. The van der Waals surface area contributed by atoms with Gasteiger partial charge in [0, 0.05) is 0 Å². The lowest BCUT2D eigenvalue weighted by Gasteiger charge is -2.39.